The molecule has 0 aliphatic heterocycles. The van der Waals surface area contributed by atoms with Crippen molar-refractivity contribution in [2.75, 3.05) is 14.2 Å². The molecule has 2 rings (SSSR count). The van der Waals surface area contributed by atoms with Gasteiger partial charge in [-0.2, -0.15) is 15.4 Å². The summed E-state index contributed by atoms with van der Waals surface area (Å²) in [6, 6.07) is 3.57. The first-order valence-corrected chi connectivity index (χ1v) is 4.88. The topological polar surface area (TPSA) is 75.7 Å². The average Bonchev–Trinajstić information content (AvgIpc) is 2.84. The fourth-order valence-electron chi connectivity index (χ4n) is 1.57. The van der Waals surface area contributed by atoms with Gasteiger partial charge >= 0.3 is 0 Å². The fourth-order valence-corrected chi connectivity index (χ4v) is 1.57. The van der Waals surface area contributed by atoms with Crippen molar-refractivity contribution in [3.63, 3.8) is 0 Å². The van der Waals surface area contributed by atoms with Gasteiger partial charge in [0.15, 0.2) is 0 Å². The molecular formula is C10H13N5O. The van der Waals surface area contributed by atoms with Crippen LogP contribution in [-0.4, -0.2) is 34.6 Å². The molecular weight excluding hydrogens is 206 g/mol. The van der Waals surface area contributed by atoms with Gasteiger partial charge < -0.3 is 10.1 Å². The van der Waals surface area contributed by atoms with Crippen LogP contribution in [0, 0.1) is 0 Å². The van der Waals surface area contributed by atoms with E-state index < -0.39 is 0 Å². The van der Waals surface area contributed by atoms with Gasteiger partial charge in [0.2, 0.25) is 0 Å². The molecule has 0 bridgehead atoms. The van der Waals surface area contributed by atoms with Crippen molar-refractivity contribution < 1.29 is 4.74 Å². The van der Waals surface area contributed by atoms with E-state index >= 15 is 0 Å². The summed E-state index contributed by atoms with van der Waals surface area (Å²) in [6.45, 7) is 0. The Morgan fingerprint density at radius 2 is 2.38 bits per heavy atom. The molecule has 16 heavy (non-hydrogen) atoms. The number of rotatable bonds is 4. The summed E-state index contributed by atoms with van der Waals surface area (Å²) in [5, 5.41) is 13.5. The van der Waals surface area contributed by atoms with Crippen molar-refractivity contribution in [1.29, 1.82) is 0 Å². The minimum absolute atomic E-state index is 0.130. The molecule has 0 saturated carbocycles. The van der Waals surface area contributed by atoms with Crippen LogP contribution in [0.1, 0.15) is 17.4 Å². The highest BCUT2D eigenvalue weighted by Crippen LogP contribution is 2.25. The van der Waals surface area contributed by atoms with Gasteiger partial charge in [0.05, 0.1) is 19.3 Å². The van der Waals surface area contributed by atoms with E-state index in [-0.39, 0.29) is 6.04 Å². The zero-order valence-electron chi connectivity index (χ0n) is 9.14. The number of hydrogen-bond acceptors (Lipinski definition) is 5. The molecule has 1 unspecified atom stereocenters. The van der Waals surface area contributed by atoms with Crippen molar-refractivity contribution >= 4 is 0 Å². The molecule has 0 amide bonds. The van der Waals surface area contributed by atoms with Crippen LogP contribution in [0.15, 0.2) is 24.5 Å². The molecule has 2 aromatic rings. The van der Waals surface area contributed by atoms with Gasteiger partial charge in [-0.1, -0.05) is 0 Å². The quantitative estimate of drug-likeness (QED) is 0.784. The van der Waals surface area contributed by atoms with Gasteiger partial charge in [-0.15, -0.1) is 0 Å². The summed E-state index contributed by atoms with van der Waals surface area (Å²) in [6.07, 6.45) is 3.39. The van der Waals surface area contributed by atoms with E-state index in [1.165, 1.54) is 0 Å². The second-order valence-corrected chi connectivity index (χ2v) is 3.21. The molecule has 6 nitrogen and oxygen atoms in total. The van der Waals surface area contributed by atoms with Crippen LogP contribution < -0.4 is 10.1 Å². The van der Waals surface area contributed by atoms with Gasteiger partial charge in [0, 0.05) is 6.20 Å². The Bertz CT molecular complexity index is 442. The molecule has 2 aromatic heterocycles. The van der Waals surface area contributed by atoms with Crippen LogP contribution in [0.2, 0.25) is 0 Å². The molecule has 0 saturated heterocycles. The van der Waals surface area contributed by atoms with Gasteiger partial charge in [-0.3, -0.25) is 4.98 Å². The minimum Gasteiger partial charge on any atom is -0.495 e. The molecule has 2 heterocycles. The third-order valence-corrected chi connectivity index (χ3v) is 2.31. The summed E-state index contributed by atoms with van der Waals surface area (Å²) in [4.78, 5) is 4.31. The Morgan fingerprint density at radius 3 is 3.00 bits per heavy atom. The molecule has 0 aromatic carbocycles. The highest BCUT2D eigenvalue weighted by Gasteiger charge is 2.19. The summed E-state index contributed by atoms with van der Waals surface area (Å²) in [5.74, 6) is 0.727. The molecule has 0 aliphatic rings. The van der Waals surface area contributed by atoms with E-state index in [0.29, 0.717) is 0 Å². The third kappa shape index (κ3) is 1.87. The van der Waals surface area contributed by atoms with E-state index in [4.69, 9.17) is 4.74 Å². The summed E-state index contributed by atoms with van der Waals surface area (Å²) >= 11 is 0. The van der Waals surface area contributed by atoms with Crippen molar-refractivity contribution in [2.45, 2.75) is 6.04 Å². The standard InChI is InChI=1S/C10H13N5O/c1-11-9(7-6-13-15-14-7)10-8(16-2)4-3-5-12-10/h3-6,9,11H,1-2H3,(H,13,14,15). The van der Waals surface area contributed by atoms with Crippen LogP contribution >= 0.6 is 0 Å². The zero-order valence-corrected chi connectivity index (χ0v) is 9.14. The van der Waals surface area contributed by atoms with Crippen LogP contribution in [-0.2, 0) is 0 Å². The van der Waals surface area contributed by atoms with E-state index in [0.717, 1.165) is 17.1 Å². The van der Waals surface area contributed by atoms with Crippen LogP contribution in [0.25, 0.3) is 0 Å². The number of aromatic amines is 1. The molecule has 0 aliphatic carbocycles. The predicted octanol–water partition coefficient (Wildman–Crippen LogP) is 0.517. The Kier molecular flexibility index (Phi) is 3.11. The van der Waals surface area contributed by atoms with Crippen molar-refractivity contribution in [3.8, 4) is 5.75 Å². The third-order valence-electron chi connectivity index (χ3n) is 2.31. The first-order valence-electron chi connectivity index (χ1n) is 4.88. The first-order chi connectivity index (χ1) is 7.86. The molecule has 0 radical (unpaired) electrons. The smallest absolute Gasteiger partial charge is 0.142 e. The number of nitrogens with one attached hydrogen (secondary N) is 2. The molecule has 0 spiro atoms. The lowest BCUT2D eigenvalue weighted by Crippen LogP contribution is -2.20. The van der Waals surface area contributed by atoms with E-state index in [1.807, 2.05) is 19.2 Å². The normalized spacial score (nSPS) is 12.4. The maximum absolute atomic E-state index is 5.27. The number of pyridine rings is 1. The zero-order chi connectivity index (χ0) is 11.4. The Balaban J connectivity index is 2.41. The van der Waals surface area contributed by atoms with E-state index in [9.17, 15) is 0 Å². The minimum atomic E-state index is -0.130. The van der Waals surface area contributed by atoms with Crippen molar-refractivity contribution in [1.82, 2.24) is 25.7 Å². The fraction of sp³-hybridized carbons (Fsp3) is 0.300. The number of ether oxygens (including phenoxy) is 1. The number of nitrogens with zero attached hydrogens (tertiary/aromatic N) is 3. The number of aromatic nitrogens is 4. The second-order valence-electron chi connectivity index (χ2n) is 3.21. The Labute approximate surface area is 93.1 Å². The number of methoxy groups -OCH3 is 1. The average molecular weight is 219 g/mol. The summed E-state index contributed by atoms with van der Waals surface area (Å²) in [5.41, 5.74) is 1.57. The van der Waals surface area contributed by atoms with Gasteiger partial charge in [-0.25, -0.2) is 0 Å². The lowest BCUT2D eigenvalue weighted by molar-refractivity contribution is 0.401. The van der Waals surface area contributed by atoms with Gasteiger partial charge in [0.1, 0.15) is 17.1 Å². The maximum Gasteiger partial charge on any atom is 0.142 e. The molecule has 0 fully saturated rings. The Hall–Kier alpha value is -1.95. The van der Waals surface area contributed by atoms with Crippen LogP contribution in [0.4, 0.5) is 0 Å². The SMILES string of the molecule is CNC(c1cn[nH]n1)c1ncccc1OC. The summed E-state index contributed by atoms with van der Waals surface area (Å²) < 4.78 is 5.27. The highest BCUT2D eigenvalue weighted by molar-refractivity contribution is 5.33. The van der Waals surface area contributed by atoms with Gasteiger partial charge in [-0.05, 0) is 19.2 Å². The summed E-state index contributed by atoms with van der Waals surface area (Å²) in [7, 11) is 3.46. The van der Waals surface area contributed by atoms with Crippen LogP contribution in [0.5, 0.6) is 5.75 Å². The molecule has 2 N–H and O–H groups in total. The Morgan fingerprint density at radius 1 is 1.50 bits per heavy atom. The lowest BCUT2D eigenvalue weighted by atomic mass is 10.1. The first kappa shape index (κ1) is 10.6. The number of H-pyrrole nitrogens is 1. The second kappa shape index (κ2) is 4.71. The lowest BCUT2D eigenvalue weighted by Gasteiger charge is -2.15. The molecule has 1 atom stereocenters. The van der Waals surface area contributed by atoms with Gasteiger partial charge in [0.25, 0.3) is 0 Å². The maximum atomic E-state index is 5.27. The van der Waals surface area contributed by atoms with E-state index in [2.05, 4.69) is 25.7 Å². The predicted molar refractivity (Wildman–Crippen MR) is 58.1 cm³/mol. The van der Waals surface area contributed by atoms with Crippen LogP contribution in [0.3, 0.4) is 0 Å². The number of hydrogen-bond donors (Lipinski definition) is 2. The highest BCUT2D eigenvalue weighted by atomic mass is 16.5. The molecule has 6 heteroatoms. The van der Waals surface area contributed by atoms with Crippen molar-refractivity contribution in [2.24, 2.45) is 0 Å². The largest absolute Gasteiger partial charge is 0.495 e. The van der Waals surface area contributed by atoms with E-state index in [1.54, 1.807) is 19.5 Å². The molecule has 84 valence electrons. The van der Waals surface area contributed by atoms with Crippen molar-refractivity contribution in [3.05, 3.63) is 35.9 Å². The monoisotopic (exact) mass is 219 g/mol.